The Hall–Kier alpha value is -0.720. The van der Waals surface area contributed by atoms with Crippen molar-refractivity contribution in [3.05, 3.63) is 9.47 Å². The van der Waals surface area contributed by atoms with Crippen LogP contribution in [0, 0.1) is 0 Å². The third-order valence-corrected chi connectivity index (χ3v) is 4.05. The van der Waals surface area contributed by atoms with Gasteiger partial charge in [0.1, 0.15) is 0 Å². The van der Waals surface area contributed by atoms with Crippen molar-refractivity contribution in [3.8, 4) is 0 Å². The van der Waals surface area contributed by atoms with Gasteiger partial charge in [0.15, 0.2) is 0 Å². The first-order valence-corrected chi connectivity index (χ1v) is 6.83. The van der Waals surface area contributed by atoms with Gasteiger partial charge in [0.2, 0.25) is 9.47 Å². The van der Waals surface area contributed by atoms with Crippen LogP contribution in [-0.4, -0.2) is 58.1 Å². The number of carbonyl (C=O) groups is 1. The van der Waals surface area contributed by atoms with Crippen molar-refractivity contribution in [2.45, 2.75) is 19.9 Å². The topological polar surface area (TPSA) is 49.3 Å². The van der Waals surface area contributed by atoms with Crippen LogP contribution in [0.4, 0.5) is 0 Å². The molecule has 0 N–H and O–H groups in total. The third kappa shape index (κ3) is 2.75. The maximum Gasteiger partial charge on any atom is 0.284 e. The SMILES string of the molecule is CCN1CCN(C(=O)c2nnc(Cl)s2)CC1C. The molecule has 1 amide bonds. The molecular formula is C10H15ClN4OS. The summed E-state index contributed by atoms with van der Waals surface area (Å²) in [7, 11) is 0. The lowest BCUT2D eigenvalue weighted by atomic mass is 10.2. The fourth-order valence-corrected chi connectivity index (χ4v) is 2.87. The molecule has 1 aromatic heterocycles. The number of amides is 1. The van der Waals surface area contributed by atoms with Crippen LogP contribution < -0.4 is 0 Å². The van der Waals surface area contributed by atoms with Gasteiger partial charge in [0.05, 0.1) is 0 Å². The Balaban J connectivity index is 2.02. The average Bonchev–Trinajstić information content (AvgIpc) is 2.75. The Morgan fingerprint density at radius 2 is 2.29 bits per heavy atom. The summed E-state index contributed by atoms with van der Waals surface area (Å²) in [5.41, 5.74) is 0. The molecule has 7 heteroatoms. The molecule has 1 atom stereocenters. The number of rotatable bonds is 2. The van der Waals surface area contributed by atoms with E-state index in [9.17, 15) is 4.79 Å². The van der Waals surface area contributed by atoms with E-state index in [4.69, 9.17) is 11.6 Å². The fourth-order valence-electron chi connectivity index (χ4n) is 2.08. The molecule has 0 spiro atoms. The normalized spacial score (nSPS) is 21.8. The predicted octanol–water partition coefficient (Wildman–Crippen LogP) is 1.36. The summed E-state index contributed by atoms with van der Waals surface area (Å²) in [6.45, 7) is 7.69. The van der Waals surface area contributed by atoms with Gasteiger partial charge in [0.25, 0.3) is 5.91 Å². The van der Waals surface area contributed by atoms with E-state index < -0.39 is 0 Å². The lowest BCUT2D eigenvalue weighted by Gasteiger charge is -2.38. The molecule has 17 heavy (non-hydrogen) atoms. The zero-order valence-electron chi connectivity index (χ0n) is 9.89. The highest BCUT2D eigenvalue weighted by Gasteiger charge is 2.27. The predicted molar refractivity (Wildman–Crippen MR) is 67.5 cm³/mol. The molecule has 1 unspecified atom stereocenters. The van der Waals surface area contributed by atoms with Crippen molar-refractivity contribution in [1.82, 2.24) is 20.0 Å². The van der Waals surface area contributed by atoms with Gasteiger partial charge in [0, 0.05) is 25.7 Å². The molecule has 5 nitrogen and oxygen atoms in total. The molecule has 1 fully saturated rings. The minimum absolute atomic E-state index is 0.0583. The molecule has 0 aromatic carbocycles. The van der Waals surface area contributed by atoms with E-state index in [1.807, 2.05) is 4.90 Å². The highest BCUT2D eigenvalue weighted by Crippen LogP contribution is 2.18. The number of nitrogens with zero attached hydrogens (tertiary/aromatic N) is 4. The molecule has 94 valence electrons. The molecular weight excluding hydrogens is 260 g/mol. The number of halogens is 1. The second-order valence-corrected chi connectivity index (χ2v) is 5.65. The maximum absolute atomic E-state index is 12.1. The van der Waals surface area contributed by atoms with Crippen LogP contribution in [0.25, 0.3) is 0 Å². The highest BCUT2D eigenvalue weighted by atomic mass is 35.5. The summed E-state index contributed by atoms with van der Waals surface area (Å²) in [6.07, 6.45) is 0. The maximum atomic E-state index is 12.1. The first-order valence-electron chi connectivity index (χ1n) is 5.64. The van der Waals surface area contributed by atoms with Crippen molar-refractivity contribution >= 4 is 28.8 Å². The average molecular weight is 275 g/mol. The van der Waals surface area contributed by atoms with E-state index in [-0.39, 0.29) is 5.91 Å². The molecule has 2 rings (SSSR count). The highest BCUT2D eigenvalue weighted by molar-refractivity contribution is 7.17. The first-order chi connectivity index (χ1) is 8.11. The van der Waals surface area contributed by atoms with E-state index in [1.165, 1.54) is 0 Å². The largest absolute Gasteiger partial charge is 0.334 e. The Labute approximate surface area is 109 Å². The fraction of sp³-hybridized carbons (Fsp3) is 0.700. The minimum Gasteiger partial charge on any atom is -0.334 e. The molecule has 1 saturated heterocycles. The molecule has 0 bridgehead atoms. The van der Waals surface area contributed by atoms with Gasteiger partial charge in [-0.3, -0.25) is 9.69 Å². The van der Waals surface area contributed by atoms with E-state index in [0.29, 0.717) is 15.5 Å². The summed E-state index contributed by atoms with van der Waals surface area (Å²) >= 11 is 6.82. The van der Waals surface area contributed by atoms with E-state index in [0.717, 1.165) is 37.5 Å². The Morgan fingerprint density at radius 1 is 1.53 bits per heavy atom. The smallest absolute Gasteiger partial charge is 0.284 e. The number of hydrogen-bond donors (Lipinski definition) is 0. The van der Waals surface area contributed by atoms with Crippen LogP contribution >= 0.6 is 22.9 Å². The summed E-state index contributed by atoms with van der Waals surface area (Å²) in [5, 5.41) is 7.83. The minimum atomic E-state index is -0.0583. The summed E-state index contributed by atoms with van der Waals surface area (Å²) in [6, 6.07) is 0.390. The van der Waals surface area contributed by atoms with Gasteiger partial charge in [-0.1, -0.05) is 18.3 Å². The molecule has 1 aliphatic heterocycles. The molecule has 0 aliphatic carbocycles. The quantitative estimate of drug-likeness (QED) is 0.817. The number of hydrogen-bond acceptors (Lipinski definition) is 5. The van der Waals surface area contributed by atoms with Crippen molar-refractivity contribution in [2.75, 3.05) is 26.2 Å². The number of likely N-dealkylation sites (N-methyl/N-ethyl adjacent to an activating group) is 1. The van der Waals surface area contributed by atoms with Crippen LogP contribution in [0.5, 0.6) is 0 Å². The Bertz CT molecular complexity index is 411. The summed E-state index contributed by atoms with van der Waals surface area (Å²) in [4.78, 5) is 16.3. The lowest BCUT2D eigenvalue weighted by Crippen LogP contribution is -2.53. The van der Waals surface area contributed by atoms with Crippen LogP contribution in [-0.2, 0) is 0 Å². The molecule has 1 aliphatic rings. The van der Waals surface area contributed by atoms with Crippen LogP contribution in [0.1, 0.15) is 23.6 Å². The van der Waals surface area contributed by atoms with E-state index in [1.54, 1.807) is 0 Å². The second-order valence-electron chi connectivity index (χ2n) is 4.09. The Morgan fingerprint density at radius 3 is 2.82 bits per heavy atom. The second kappa shape index (κ2) is 5.29. The molecule has 2 heterocycles. The van der Waals surface area contributed by atoms with Crippen molar-refractivity contribution in [3.63, 3.8) is 0 Å². The van der Waals surface area contributed by atoms with Gasteiger partial charge >= 0.3 is 0 Å². The third-order valence-electron chi connectivity index (χ3n) is 3.04. The zero-order chi connectivity index (χ0) is 12.4. The van der Waals surface area contributed by atoms with E-state index >= 15 is 0 Å². The summed E-state index contributed by atoms with van der Waals surface area (Å²) < 4.78 is 0.314. The number of aromatic nitrogens is 2. The van der Waals surface area contributed by atoms with Gasteiger partial charge in [-0.05, 0) is 25.1 Å². The van der Waals surface area contributed by atoms with Gasteiger partial charge in [-0.2, -0.15) is 0 Å². The zero-order valence-corrected chi connectivity index (χ0v) is 11.5. The molecule has 1 aromatic rings. The van der Waals surface area contributed by atoms with Crippen LogP contribution in [0.2, 0.25) is 4.47 Å². The lowest BCUT2D eigenvalue weighted by molar-refractivity contribution is 0.0527. The Kier molecular flexibility index (Phi) is 3.96. The molecule has 0 radical (unpaired) electrons. The first kappa shape index (κ1) is 12.7. The van der Waals surface area contributed by atoms with E-state index in [2.05, 4.69) is 28.9 Å². The van der Waals surface area contributed by atoms with Crippen LogP contribution in [0.15, 0.2) is 0 Å². The van der Waals surface area contributed by atoms with Crippen LogP contribution in [0.3, 0.4) is 0 Å². The van der Waals surface area contributed by atoms with Crippen molar-refractivity contribution < 1.29 is 4.79 Å². The van der Waals surface area contributed by atoms with Gasteiger partial charge < -0.3 is 4.90 Å². The monoisotopic (exact) mass is 274 g/mol. The van der Waals surface area contributed by atoms with Gasteiger partial charge in [-0.15, -0.1) is 10.2 Å². The number of carbonyl (C=O) groups excluding carboxylic acids is 1. The van der Waals surface area contributed by atoms with Crippen molar-refractivity contribution in [1.29, 1.82) is 0 Å². The standard InChI is InChI=1S/C10H15ClN4OS/c1-3-14-4-5-15(6-7(14)2)9(16)8-12-13-10(11)17-8/h7H,3-6H2,1-2H3. The number of piperazine rings is 1. The molecule has 0 saturated carbocycles. The van der Waals surface area contributed by atoms with Crippen molar-refractivity contribution in [2.24, 2.45) is 0 Å². The van der Waals surface area contributed by atoms with Gasteiger partial charge in [-0.25, -0.2) is 0 Å². The summed E-state index contributed by atoms with van der Waals surface area (Å²) in [5.74, 6) is -0.0583.